The Kier molecular flexibility index (Phi) is 4.46. The first-order chi connectivity index (χ1) is 9.52. The number of rotatable bonds is 3. The number of nitrogens with one attached hydrogen (secondary N) is 1. The number of hydrogen-bond donors (Lipinski definition) is 1. The molecule has 6 nitrogen and oxygen atoms in total. The van der Waals surface area contributed by atoms with Crippen molar-refractivity contribution in [1.29, 1.82) is 0 Å². The van der Waals surface area contributed by atoms with Gasteiger partial charge in [-0.3, -0.25) is 4.79 Å². The fourth-order valence-corrected chi connectivity index (χ4v) is 2.01. The Morgan fingerprint density at radius 3 is 2.50 bits per heavy atom. The molecular weight excluding hydrogens is 301 g/mol. The Bertz CT molecular complexity index is 642. The van der Waals surface area contributed by atoms with E-state index in [1.54, 1.807) is 13.0 Å². The van der Waals surface area contributed by atoms with Crippen molar-refractivity contribution in [3.63, 3.8) is 0 Å². The van der Waals surface area contributed by atoms with Gasteiger partial charge in [0.15, 0.2) is 10.3 Å². The van der Waals surface area contributed by atoms with Gasteiger partial charge in [0.2, 0.25) is 0 Å². The smallest absolute Gasteiger partial charge is 0.257 e. The minimum Gasteiger partial charge on any atom is -0.317 e. The highest BCUT2D eigenvalue weighted by Crippen LogP contribution is 2.26. The number of aromatic nitrogens is 4. The maximum Gasteiger partial charge on any atom is 0.257 e. The topological polar surface area (TPSA) is 80.7 Å². The highest BCUT2D eigenvalue weighted by molar-refractivity contribution is 6.38. The number of halogens is 2. The quantitative estimate of drug-likeness (QED) is 0.881. The minimum atomic E-state index is -0.376. The third kappa shape index (κ3) is 3.02. The Morgan fingerprint density at radius 1 is 1.25 bits per heavy atom. The lowest BCUT2D eigenvalue weighted by molar-refractivity contribution is 0.102. The zero-order valence-electron chi connectivity index (χ0n) is 10.8. The second-order valence-electron chi connectivity index (χ2n) is 3.98. The summed E-state index contributed by atoms with van der Waals surface area (Å²) in [6.45, 7) is 3.65. The van der Waals surface area contributed by atoms with E-state index in [4.69, 9.17) is 23.2 Å². The van der Waals surface area contributed by atoms with Crippen LogP contribution in [-0.2, 0) is 6.42 Å². The second-order valence-corrected chi connectivity index (χ2v) is 4.70. The van der Waals surface area contributed by atoms with Crippen molar-refractivity contribution >= 4 is 34.8 Å². The van der Waals surface area contributed by atoms with E-state index in [0.29, 0.717) is 23.4 Å². The molecule has 0 aliphatic heterocycles. The van der Waals surface area contributed by atoms with Gasteiger partial charge in [-0.2, -0.15) is 10.2 Å². The monoisotopic (exact) mass is 311 g/mol. The van der Waals surface area contributed by atoms with Gasteiger partial charge in [-0.05, 0) is 19.4 Å². The Labute approximate surface area is 125 Å². The lowest BCUT2D eigenvalue weighted by Crippen LogP contribution is -2.17. The fourth-order valence-electron chi connectivity index (χ4n) is 1.60. The molecule has 20 heavy (non-hydrogen) atoms. The van der Waals surface area contributed by atoms with Gasteiger partial charge in [0.25, 0.3) is 5.91 Å². The van der Waals surface area contributed by atoms with Crippen LogP contribution in [0.3, 0.4) is 0 Å². The normalized spacial score (nSPS) is 10.4. The molecule has 0 radical (unpaired) electrons. The first-order valence-electron chi connectivity index (χ1n) is 5.83. The molecule has 8 heteroatoms. The van der Waals surface area contributed by atoms with Crippen LogP contribution in [0.2, 0.25) is 10.3 Å². The summed E-state index contributed by atoms with van der Waals surface area (Å²) < 4.78 is 0. The van der Waals surface area contributed by atoms with Crippen LogP contribution in [0.4, 0.5) is 5.69 Å². The van der Waals surface area contributed by atoms with E-state index < -0.39 is 0 Å². The van der Waals surface area contributed by atoms with Crippen LogP contribution in [0.15, 0.2) is 12.4 Å². The largest absolute Gasteiger partial charge is 0.317 e. The number of carbonyl (C=O) groups is 1. The molecule has 104 valence electrons. The van der Waals surface area contributed by atoms with Crippen LogP contribution >= 0.6 is 23.2 Å². The number of aryl methyl sites for hydroxylation is 2. The number of carbonyl (C=O) groups excluding carboxylic acids is 1. The molecule has 0 bridgehead atoms. The maximum atomic E-state index is 12.3. The molecule has 2 aromatic heterocycles. The average Bonchev–Trinajstić information content (AvgIpc) is 2.43. The van der Waals surface area contributed by atoms with Crippen molar-refractivity contribution in [3.8, 4) is 0 Å². The molecule has 0 fully saturated rings. The molecular formula is C12H11Cl2N5O. The van der Waals surface area contributed by atoms with Crippen molar-refractivity contribution < 1.29 is 4.79 Å². The summed E-state index contributed by atoms with van der Waals surface area (Å²) in [5, 5.41) is 10.7. The zero-order valence-corrected chi connectivity index (χ0v) is 12.3. The first kappa shape index (κ1) is 14.6. The molecule has 0 saturated heterocycles. The SMILES string of the molecule is CCc1nnc(C)cc1C(=O)Nc1c(Cl)ncnc1Cl. The molecule has 0 saturated carbocycles. The van der Waals surface area contributed by atoms with E-state index >= 15 is 0 Å². The maximum absolute atomic E-state index is 12.3. The predicted molar refractivity (Wildman–Crippen MR) is 76.2 cm³/mol. The minimum absolute atomic E-state index is 0.0788. The van der Waals surface area contributed by atoms with Crippen molar-refractivity contribution in [1.82, 2.24) is 20.2 Å². The Hall–Kier alpha value is -1.79. The number of hydrogen-bond acceptors (Lipinski definition) is 5. The third-order valence-electron chi connectivity index (χ3n) is 2.57. The average molecular weight is 312 g/mol. The molecule has 2 aromatic rings. The van der Waals surface area contributed by atoms with Gasteiger partial charge >= 0.3 is 0 Å². The van der Waals surface area contributed by atoms with Crippen LogP contribution in [-0.4, -0.2) is 26.1 Å². The first-order valence-corrected chi connectivity index (χ1v) is 6.59. The molecule has 0 unspecified atom stereocenters. The summed E-state index contributed by atoms with van der Waals surface area (Å²) in [5.41, 5.74) is 1.85. The standard InChI is InChI=1S/C12H11Cl2N5O/c1-3-8-7(4-6(2)18-19-8)12(20)17-9-10(13)15-5-16-11(9)14/h4-5H,3H2,1-2H3,(H,17,20). The molecule has 0 atom stereocenters. The van der Waals surface area contributed by atoms with Crippen LogP contribution in [0.5, 0.6) is 0 Å². The summed E-state index contributed by atoms with van der Waals surface area (Å²) in [5.74, 6) is -0.376. The highest BCUT2D eigenvalue weighted by Gasteiger charge is 2.17. The van der Waals surface area contributed by atoms with Crippen LogP contribution in [0.25, 0.3) is 0 Å². The van der Waals surface area contributed by atoms with E-state index in [1.807, 2.05) is 6.92 Å². The number of amides is 1. The summed E-state index contributed by atoms with van der Waals surface area (Å²) in [6, 6.07) is 1.66. The van der Waals surface area contributed by atoms with E-state index in [9.17, 15) is 4.79 Å². The zero-order chi connectivity index (χ0) is 14.7. The van der Waals surface area contributed by atoms with Crippen molar-refractivity contribution in [2.45, 2.75) is 20.3 Å². The Balaban J connectivity index is 2.35. The molecule has 2 rings (SSSR count). The van der Waals surface area contributed by atoms with Crippen LogP contribution in [0, 0.1) is 6.92 Å². The van der Waals surface area contributed by atoms with Crippen LogP contribution in [0.1, 0.15) is 28.7 Å². The fraction of sp³-hybridized carbons (Fsp3) is 0.250. The van der Waals surface area contributed by atoms with Gasteiger partial charge in [-0.25, -0.2) is 9.97 Å². The van der Waals surface area contributed by atoms with Crippen molar-refractivity contribution in [3.05, 3.63) is 39.7 Å². The second kappa shape index (κ2) is 6.11. The van der Waals surface area contributed by atoms with Gasteiger partial charge < -0.3 is 5.32 Å². The number of nitrogens with zero attached hydrogens (tertiary/aromatic N) is 4. The molecule has 0 aliphatic carbocycles. The van der Waals surface area contributed by atoms with Gasteiger partial charge in [0, 0.05) is 0 Å². The van der Waals surface area contributed by atoms with E-state index in [0.717, 1.165) is 0 Å². The summed E-state index contributed by atoms with van der Waals surface area (Å²) in [4.78, 5) is 19.8. The predicted octanol–water partition coefficient (Wildman–Crippen LogP) is 2.70. The van der Waals surface area contributed by atoms with Gasteiger partial charge in [0.05, 0.1) is 17.0 Å². The van der Waals surface area contributed by atoms with Gasteiger partial charge in [0.1, 0.15) is 12.0 Å². The van der Waals surface area contributed by atoms with Crippen molar-refractivity contribution in [2.75, 3.05) is 5.32 Å². The summed E-state index contributed by atoms with van der Waals surface area (Å²) in [7, 11) is 0. The molecule has 0 aliphatic rings. The molecule has 0 aromatic carbocycles. The Morgan fingerprint density at radius 2 is 1.90 bits per heavy atom. The van der Waals surface area contributed by atoms with Gasteiger partial charge in [-0.15, -0.1) is 0 Å². The summed E-state index contributed by atoms with van der Waals surface area (Å²) >= 11 is 11.8. The molecule has 1 amide bonds. The number of anilines is 1. The van der Waals surface area contributed by atoms with Crippen molar-refractivity contribution in [2.24, 2.45) is 0 Å². The van der Waals surface area contributed by atoms with Crippen LogP contribution < -0.4 is 5.32 Å². The molecule has 1 N–H and O–H groups in total. The summed E-state index contributed by atoms with van der Waals surface area (Å²) in [6.07, 6.45) is 1.80. The van der Waals surface area contributed by atoms with E-state index in [2.05, 4.69) is 25.5 Å². The lowest BCUT2D eigenvalue weighted by atomic mass is 10.1. The van der Waals surface area contributed by atoms with E-state index in [-0.39, 0.29) is 21.9 Å². The molecule has 2 heterocycles. The third-order valence-corrected chi connectivity index (χ3v) is 3.14. The lowest BCUT2D eigenvalue weighted by Gasteiger charge is -2.10. The highest BCUT2D eigenvalue weighted by atomic mass is 35.5. The van der Waals surface area contributed by atoms with Gasteiger partial charge in [-0.1, -0.05) is 30.1 Å². The van der Waals surface area contributed by atoms with E-state index in [1.165, 1.54) is 6.33 Å². The molecule has 0 spiro atoms.